The van der Waals surface area contributed by atoms with Crippen LogP contribution in [0.2, 0.25) is 0 Å². The Kier molecular flexibility index (Phi) is 9.32. The number of nitrogens with zero attached hydrogens (tertiary/aromatic N) is 1. The van der Waals surface area contributed by atoms with Crippen molar-refractivity contribution in [1.29, 1.82) is 0 Å². The van der Waals surface area contributed by atoms with E-state index in [4.69, 9.17) is 0 Å². The van der Waals surface area contributed by atoms with Crippen molar-refractivity contribution in [2.45, 2.75) is 38.5 Å². The fraction of sp³-hybridized carbons (Fsp3) is 0.400. The number of nitrogens with one attached hydrogen (secondary N) is 2. The maximum absolute atomic E-state index is 12.3. The number of carbonyl (C=O) groups is 1. The lowest BCUT2D eigenvalue weighted by Gasteiger charge is -2.27. The van der Waals surface area contributed by atoms with Crippen LogP contribution in [0.15, 0.2) is 55.6 Å². The van der Waals surface area contributed by atoms with Crippen molar-refractivity contribution in [2.24, 2.45) is 0 Å². The summed E-state index contributed by atoms with van der Waals surface area (Å²) >= 11 is 0. The highest BCUT2D eigenvalue weighted by Gasteiger charge is 2.20. The Morgan fingerprint density at radius 2 is 1.66 bits per heavy atom. The van der Waals surface area contributed by atoms with Crippen molar-refractivity contribution in [3.05, 3.63) is 72.3 Å². The first-order valence-electron chi connectivity index (χ1n) is 11.0. The molecule has 0 radical (unpaired) electrons. The van der Waals surface area contributed by atoms with Gasteiger partial charge in [-0.3, -0.25) is 9.52 Å². The van der Waals surface area contributed by atoms with E-state index in [1.165, 1.54) is 19.1 Å². The zero-order valence-electron chi connectivity index (χ0n) is 19.4. The van der Waals surface area contributed by atoms with E-state index in [1.807, 2.05) is 49.4 Å². The number of hydrogen-bond donors (Lipinski definition) is 2. The number of amides is 1. The van der Waals surface area contributed by atoms with Crippen LogP contribution in [0.1, 0.15) is 60.0 Å². The summed E-state index contributed by atoms with van der Waals surface area (Å²) in [6.07, 6.45) is 5.80. The highest BCUT2D eigenvalue weighted by molar-refractivity contribution is 7.92. The Balaban J connectivity index is 0.00000176. The second-order valence-electron chi connectivity index (χ2n) is 7.94. The molecule has 1 aliphatic rings. The molecule has 7 heteroatoms. The number of rotatable bonds is 6. The quantitative estimate of drug-likeness (QED) is 0.614. The molecule has 3 rings (SSSR count). The van der Waals surface area contributed by atoms with E-state index in [0.717, 1.165) is 42.7 Å². The summed E-state index contributed by atoms with van der Waals surface area (Å²) in [5.41, 5.74) is 4.00. The van der Waals surface area contributed by atoms with Crippen LogP contribution in [-0.4, -0.2) is 40.7 Å². The van der Waals surface area contributed by atoms with Crippen LogP contribution in [-0.2, 0) is 10.0 Å². The minimum Gasteiger partial charge on any atom is -0.370 e. The molecule has 0 spiro atoms. The van der Waals surface area contributed by atoms with Crippen molar-refractivity contribution in [3.63, 3.8) is 0 Å². The third kappa shape index (κ3) is 6.60. The molecule has 1 saturated heterocycles. The second-order valence-corrected chi connectivity index (χ2v) is 9.69. The summed E-state index contributed by atoms with van der Waals surface area (Å²) in [5.74, 6) is -0.204. The van der Waals surface area contributed by atoms with Gasteiger partial charge in [0.15, 0.2) is 0 Å². The van der Waals surface area contributed by atoms with Gasteiger partial charge in [0, 0.05) is 31.6 Å². The topological polar surface area (TPSA) is 78.5 Å². The second kappa shape index (κ2) is 11.7. The Morgan fingerprint density at radius 1 is 1.03 bits per heavy atom. The first kappa shape index (κ1) is 25.5. The molecule has 2 N–H and O–H groups in total. The van der Waals surface area contributed by atoms with Gasteiger partial charge >= 0.3 is 0 Å². The zero-order valence-corrected chi connectivity index (χ0v) is 20.2. The van der Waals surface area contributed by atoms with Gasteiger partial charge in [-0.15, -0.1) is 13.2 Å². The van der Waals surface area contributed by atoms with Gasteiger partial charge in [-0.2, -0.15) is 0 Å². The van der Waals surface area contributed by atoms with Crippen LogP contribution in [0.3, 0.4) is 0 Å². The summed E-state index contributed by atoms with van der Waals surface area (Å²) in [4.78, 5) is 14.6. The minimum absolute atomic E-state index is 0.0724. The van der Waals surface area contributed by atoms with Crippen LogP contribution < -0.4 is 14.9 Å². The summed E-state index contributed by atoms with van der Waals surface area (Å²) < 4.78 is 26.8. The van der Waals surface area contributed by atoms with Crippen molar-refractivity contribution in [1.82, 2.24) is 5.32 Å². The van der Waals surface area contributed by atoms with E-state index in [-0.39, 0.29) is 11.8 Å². The average Bonchev–Trinajstić information content (AvgIpc) is 3.08. The predicted molar refractivity (Wildman–Crippen MR) is 134 cm³/mol. The lowest BCUT2D eigenvalue weighted by molar-refractivity contribution is 0.0962. The van der Waals surface area contributed by atoms with Crippen LogP contribution in [0.5, 0.6) is 0 Å². The lowest BCUT2D eigenvalue weighted by atomic mass is 9.89. The normalized spacial score (nSPS) is 15.0. The first-order valence-corrected chi connectivity index (χ1v) is 12.9. The van der Waals surface area contributed by atoms with E-state index in [1.54, 1.807) is 7.05 Å². The molecule has 0 aromatic heterocycles. The van der Waals surface area contributed by atoms with E-state index in [9.17, 15) is 13.2 Å². The largest absolute Gasteiger partial charge is 0.370 e. The molecule has 1 fully saturated rings. The van der Waals surface area contributed by atoms with Crippen LogP contribution in [0, 0.1) is 0 Å². The molecule has 1 unspecified atom stereocenters. The number of benzene rings is 2. The molecular formula is C25H35N3O3S. The maximum Gasteiger partial charge on any atom is 0.251 e. The van der Waals surface area contributed by atoms with E-state index in [0.29, 0.717) is 11.3 Å². The van der Waals surface area contributed by atoms with Crippen molar-refractivity contribution in [2.75, 3.05) is 36.0 Å². The smallest absolute Gasteiger partial charge is 0.251 e. The molecule has 2 aromatic rings. The first-order chi connectivity index (χ1) is 15.3. The Hall–Kier alpha value is -2.80. The van der Waals surface area contributed by atoms with Gasteiger partial charge < -0.3 is 10.2 Å². The molecule has 32 heavy (non-hydrogen) atoms. The van der Waals surface area contributed by atoms with E-state index < -0.39 is 10.0 Å². The van der Waals surface area contributed by atoms with E-state index in [2.05, 4.69) is 28.1 Å². The predicted octanol–water partition coefficient (Wildman–Crippen LogP) is 4.75. The third-order valence-corrected chi connectivity index (χ3v) is 6.25. The SMILES string of the molecule is C=C.CNC(=O)c1ccccc1C(C)c1ccc(N2CCCCCC2)c(NS(C)(=O)=O)c1. The van der Waals surface area contributed by atoms with Crippen molar-refractivity contribution in [3.8, 4) is 0 Å². The van der Waals surface area contributed by atoms with Gasteiger partial charge in [-0.25, -0.2) is 8.42 Å². The number of carbonyl (C=O) groups excluding carboxylic acids is 1. The number of hydrogen-bond acceptors (Lipinski definition) is 4. The summed E-state index contributed by atoms with van der Waals surface area (Å²) in [6, 6.07) is 13.5. The molecule has 1 amide bonds. The van der Waals surface area contributed by atoms with Gasteiger partial charge in [0.05, 0.1) is 17.6 Å². The summed E-state index contributed by atoms with van der Waals surface area (Å²) in [6.45, 7) is 9.88. The molecule has 6 nitrogen and oxygen atoms in total. The molecule has 1 atom stereocenters. The van der Waals surface area contributed by atoms with Gasteiger partial charge in [-0.1, -0.05) is 44.0 Å². The molecule has 0 aliphatic carbocycles. The molecular weight excluding hydrogens is 422 g/mol. The van der Waals surface area contributed by atoms with Gasteiger partial charge in [0.1, 0.15) is 0 Å². The Morgan fingerprint density at radius 3 is 2.25 bits per heavy atom. The molecule has 1 heterocycles. The molecule has 1 aliphatic heterocycles. The van der Waals surface area contributed by atoms with Crippen molar-refractivity contribution < 1.29 is 13.2 Å². The Bertz CT molecular complexity index is 1010. The van der Waals surface area contributed by atoms with Gasteiger partial charge in [-0.05, 0) is 42.2 Å². The monoisotopic (exact) mass is 457 g/mol. The number of sulfonamides is 1. The van der Waals surface area contributed by atoms with Crippen molar-refractivity contribution >= 4 is 27.3 Å². The number of anilines is 2. The molecule has 174 valence electrons. The van der Waals surface area contributed by atoms with Gasteiger partial charge in [0.25, 0.3) is 5.91 Å². The standard InChI is InChI=1S/C23H31N3O3S.C2H4/c1-17(19-10-6-7-11-20(19)23(27)24-2)18-12-13-22(21(16-18)25-30(3,28)29)26-14-8-4-5-9-15-26;1-2/h6-7,10-13,16-17,25H,4-5,8-9,14-15H2,1-3H3,(H,24,27);1-2H2. The highest BCUT2D eigenvalue weighted by atomic mass is 32.2. The van der Waals surface area contributed by atoms with Crippen LogP contribution in [0.25, 0.3) is 0 Å². The fourth-order valence-corrected chi connectivity index (χ4v) is 4.65. The fourth-order valence-electron chi connectivity index (χ4n) is 4.09. The Labute approximate surface area is 192 Å². The molecule has 0 bridgehead atoms. The van der Waals surface area contributed by atoms with Crippen LogP contribution in [0.4, 0.5) is 11.4 Å². The molecule has 0 saturated carbocycles. The third-order valence-electron chi connectivity index (χ3n) is 5.66. The maximum atomic E-state index is 12.3. The summed E-state index contributed by atoms with van der Waals surface area (Å²) in [5, 5.41) is 2.69. The minimum atomic E-state index is -3.42. The molecule has 2 aromatic carbocycles. The average molecular weight is 458 g/mol. The summed E-state index contributed by atoms with van der Waals surface area (Å²) in [7, 11) is -1.80. The lowest BCUT2D eigenvalue weighted by Crippen LogP contribution is -2.26. The van der Waals surface area contributed by atoms with Gasteiger partial charge in [0.2, 0.25) is 10.0 Å². The highest BCUT2D eigenvalue weighted by Crippen LogP contribution is 2.35. The van der Waals surface area contributed by atoms with E-state index >= 15 is 0 Å². The van der Waals surface area contributed by atoms with Crippen LogP contribution >= 0.6 is 0 Å². The zero-order chi connectivity index (χ0) is 23.7.